The number of rotatable bonds is 2. The summed E-state index contributed by atoms with van der Waals surface area (Å²) in [5.41, 5.74) is 0.453. The molecule has 78 valence electrons. The smallest absolute Gasteiger partial charge is 0.258 e. The average molecular weight is 269 g/mol. The maximum atomic E-state index is 11.6. The summed E-state index contributed by atoms with van der Waals surface area (Å²) in [5, 5.41) is 9.33. The number of benzene rings is 1. The van der Waals surface area contributed by atoms with Crippen LogP contribution in [0.25, 0.3) is 10.9 Å². The van der Waals surface area contributed by atoms with Gasteiger partial charge in [-0.05, 0) is 28.1 Å². The Hall–Kier alpha value is -1.20. The molecule has 0 fully saturated rings. The summed E-state index contributed by atoms with van der Waals surface area (Å²) >= 11 is 3.34. The van der Waals surface area contributed by atoms with Crippen LogP contribution in [-0.4, -0.2) is 21.7 Å². The number of fused-ring (bicyclic) bond motifs is 1. The summed E-state index contributed by atoms with van der Waals surface area (Å²) in [4.78, 5) is 18.5. The van der Waals surface area contributed by atoms with Crippen molar-refractivity contribution < 1.29 is 5.11 Å². The number of aliphatic hydroxyl groups is 1. The fourth-order valence-electron chi connectivity index (χ4n) is 1.40. The molecule has 0 spiro atoms. The second-order valence-corrected chi connectivity index (χ2v) is 3.98. The second-order valence-electron chi connectivity index (χ2n) is 3.12. The summed E-state index contributed by atoms with van der Waals surface area (Å²) in [5.74, 6) is 0.502. The van der Waals surface area contributed by atoms with Gasteiger partial charge in [0.2, 0.25) is 0 Å². The highest BCUT2D eigenvalue weighted by Crippen LogP contribution is 2.18. The van der Waals surface area contributed by atoms with Crippen LogP contribution in [0.2, 0.25) is 0 Å². The number of halogens is 1. The van der Waals surface area contributed by atoms with Gasteiger partial charge in [0.15, 0.2) is 0 Å². The molecule has 0 aliphatic heterocycles. The van der Waals surface area contributed by atoms with Crippen LogP contribution in [-0.2, 0) is 6.42 Å². The monoisotopic (exact) mass is 268 g/mol. The summed E-state index contributed by atoms with van der Waals surface area (Å²) in [6, 6.07) is 5.33. The van der Waals surface area contributed by atoms with E-state index in [0.717, 1.165) is 4.47 Å². The van der Waals surface area contributed by atoms with Crippen LogP contribution in [0.1, 0.15) is 5.82 Å². The van der Waals surface area contributed by atoms with E-state index in [-0.39, 0.29) is 12.2 Å². The molecule has 1 aromatic carbocycles. The van der Waals surface area contributed by atoms with Gasteiger partial charge in [0.25, 0.3) is 5.56 Å². The minimum atomic E-state index is -0.176. The first-order valence-corrected chi connectivity index (χ1v) is 5.30. The molecule has 2 aromatic rings. The van der Waals surface area contributed by atoms with Gasteiger partial charge in [0, 0.05) is 10.9 Å². The van der Waals surface area contributed by atoms with Crippen LogP contribution in [0.5, 0.6) is 0 Å². The van der Waals surface area contributed by atoms with E-state index in [9.17, 15) is 4.79 Å². The molecule has 5 heteroatoms. The van der Waals surface area contributed by atoms with Crippen molar-refractivity contribution in [2.45, 2.75) is 6.42 Å². The molecule has 0 saturated carbocycles. The van der Waals surface area contributed by atoms with Crippen molar-refractivity contribution >= 4 is 26.8 Å². The molecule has 0 aliphatic rings. The van der Waals surface area contributed by atoms with Crippen LogP contribution in [0.3, 0.4) is 0 Å². The number of aliphatic hydroxyl groups excluding tert-OH is 1. The Morgan fingerprint density at radius 3 is 3.00 bits per heavy atom. The first-order valence-electron chi connectivity index (χ1n) is 4.50. The number of nitrogens with one attached hydrogen (secondary N) is 1. The van der Waals surface area contributed by atoms with Gasteiger partial charge in [-0.2, -0.15) is 0 Å². The Morgan fingerprint density at radius 2 is 2.27 bits per heavy atom. The van der Waals surface area contributed by atoms with Crippen LogP contribution in [0.4, 0.5) is 0 Å². The van der Waals surface area contributed by atoms with E-state index < -0.39 is 0 Å². The van der Waals surface area contributed by atoms with Gasteiger partial charge < -0.3 is 10.1 Å². The molecule has 0 unspecified atom stereocenters. The summed E-state index contributed by atoms with van der Waals surface area (Å²) in [6.45, 7) is -0.0289. The van der Waals surface area contributed by atoms with Crippen molar-refractivity contribution in [1.29, 1.82) is 0 Å². The van der Waals surface area contributed by atoms with Crippen LogP contribution < -0.4 is 5.56 Å². The molecule has 0 aliphatic carbocycles. The predicted molar refractivity (Wildman–Crippen MR) is 60.9 cm³/mol. The van der Waals surface area contributed by atoms with Gasteiger partial charge >= 0.3 is 0 Å². The summed E-state index contributed by atoms with van der Waals surface area (Å²) in [7, 11) is 0. The zero-order chi connectivity index (χ0) is 10.8. The number of H-pyrrole nitrogens is 1. The number of aromatic nitrogens is 2. The number of para-hydroxylation sites is 1. The lowest BCUT2D eigenvalue weighted by Crippen LogP contribution is -2.13. The topological polar surface area (TPSA) is 66.0 Å². The Kier molecular flexibility index (Phi) is 2.83. The lowest BCUT2D eigenvalue weighted by atomic mass is 10.2. The van der Waals surface area contributed by atoms with Crippen LogP contribution in [0.15, 0.2) is 27.5 Å². The quantitative estimate of drug-likeness (QED) is 0.861. The second kappa shape index (κ2) is 4.12. The average Bonchev–Trinajstić information content (AvgIpc) is 2.20. The molecule has 0 radical (unpaired) electrons. The molecular formula is C10H9BrN2O2. The maximum absolute atomic E-state index is 11.6. The Labute approximate surface area is 94.1 Å². The molecule has 4 nitrogen and oxygen atoms in total. The minimum Gasteiger partial charge on any atom is -0.396 e. The van der Waals surface area contributed by atoms with E-state index in [2.05, 4.69) is 25.9 Å². The van der Waals surface area contributed by atoms with Crippen molar-refractivity contribution in [1.82, 2.24) is 9.97 Å². The molecule has 0 amide bonds. The van der Waals surface area contributed by atoms with E-state index in [1.54, 1.807) is 12.1 Å². The molecule has 1 aromatic heterocycles. The highest BCUT2D eigenvalue weighted by molar-refractivity contribution is 9.10. The minimum absolute atomic E-state index is 0.0289. The van der Waals surface area contributed by atoms with Crippen LogP contribution in [0, 0.1) is 0 Å². The van der Waals surface area contributed by atoms with E-state index in [1.807, 2.05) is 6.07 Å². The van der Waals surface area contributed by atoms with Gasteiger partial charge in [0.1, 0.15) is 5.82 Å². The largest absolute Gasteiger partial charge is 0.396 e. The highest BCUT2D eigenvalue weighted by atomic mass is 79.9. The molecule has 0 atom stereocenters. The van der Waals surface area contributed by atoms with E-state index in [4.69, 9.17) is 5.11 Å². The van der Waals surface area contributed by atoms with Gasteiger partial charge in [-0.1, -0.05) is 6.07 Å². The first kappa shape index (κ1) is 10.3. The van der Waals surface area contributed by atoms with Crippen molar-refractivity contribution in [2.75, 3.05) is 6.61 Å². The third-order valence-corrected chi connectivity index (χ3v) is 2.72. The standard InChI is InChI=1S/C10H9BrN2O2/c11-7-3-1-2-6-9(7)12-8(4-5-14)13-10(6)15/h1-3,14H,4-5H2,(H,12,13,15). The molecule has 15 heavy (non-hydrogen) atoms. The number of hydrogen-bond acceptors (Lipinski definition) is 3. The van der Waals surface area contributed by atoms with Crippen molar-refractivity contribution in [3.8, 4) is 0 Å². The predicted octanol–water partition coefficient (Wildman–Crippen LogP) is 1.22. The van der Waals surface area contributed by atoms with E-state index in [1.165, 1.54) is 0 Å². The molecule has 1 heterocycles. The number of nitrogens with zero attached hydrogens (tertiary/aromatic N) is 1. The Balaban J connectivity index is 2.74. The van der Waals surface area contributed by atoms with Gasteiger partial charge in [0.05, 0.1) is 17.5 Å². The third-order valence-electron chi connectivity index (χ3n) is 2.08. The lowest BCUT2D eigenvalue weighted by molar-refractivity contribution is 0.296. The maximum Gasteiger partial charge on any atom is 0.258 e. The fourth-order valence-corrected chi connectivity index (χ4v) is 1.85. The number of aromatic amines is 1. The Bertz CT molecular complexity index is 551. The molecule has 0 saturated heterocycles. The molecular weight excluding hydrogens is 260 g/mol. The van der Waals surface area contributed by atoms with Crippen molar-refractivity contribution in [2.24, 2.45) is 0 Å². The molecule has 2 N–H and O–H groups in total. The zero-order valence-corrected chi connectivity index (χ0v) is 9.41. The molecule has 0 bridgehead atoms. The van der Waals surface area contributed by atoms with Gasteiger partial charge in [-0.25, -0.2) is 4.98 Å². The van der Waals surface area contributed by atoms with Crippen molar-refractivity contribution in [3.63, 3.8) is 0 Å². The third kappa shape index (κ3) is 1.93. The normalized spacial score (nSPS) is 10.8. The zero-order valence-electron chi connectivity index (χ0n) is 7.83. The molecule has 2 rings (SSSR count). The SMILES string of the molecule is O=c1[nH]c(CCO)nc2c(Br)cccc12. The number of hydrogen-bond donors (Lipinski definition) is 2. The highest BCUT2D eigenvalue weighted by Gasteiger charge is 2.05. The fraction of sp³-hybridized carbons (Fsp3) is 0.200. The van der Waals surface area contributed by atoms with E-state index >= 15 is 0 Å². The van der Waals surface area contributed by atoms with Gasteiger partial charge in [-0.15, -0.1) is 0 Å². The van der Waals surface area contributed by atoms with E-state index in [0.29, 0.717) is 23.1 Å². The van der Waals surface area contributed by atoms with Gasteiger partial charge in [-0.3, -0.25) is 4.79 Å². The Morgan fingerprint density at radius 1 is 1.47 bits per heavy atom. The lowest BCUT2D eigenvalue weighted by Gasteiger charge is -2.02. The van der Waals surface area contributed by atoms with Crippen LogP contribution >= 0.6 is 15.9 Å². The summed E-state index contributed by atoms with van der Waals surface area (Å²) < 4.78 is 0.783. The summed E-state index contributed by atoms with van der Waals surface area (Å²) in [6.07, 6.45) is 0.354. The first-order chi connectivity index (χ1) is 7.22. The van der Waals surface area contributed by atoms with Crippen molar-refractivity contribution in [3.05, 3.63) is 38.9 Å².